The summed E-state index contributed by atoms with van der Waals surface area (Å²) in [4.78, 5) is 13.7. The van der Waals surface area contributed by atoms with Crippen LogP contribution >= 0.6 is 0 Å². The number of piperazine rings is 1. The van der Waals surface area contributed by atoms with Crippen molar-refractivity contribution < 1.29 is 4.79 Å². The first kappa shape index (κ1) is 12.7. The fraction of sp³-hybridized carbons (Fsp3) is 0.462. The lowest BCUT2D eigenvalue weighted by Gasteiger charge is -2.29. The minimum absolute atomic E-state index is 0.160. The van der Waals surface area contributed by atoms with Crippen molar-refractivity contribution >= 4 is 17.4 Å². The van der Waals surface area contributed by atoms with Crippen LogP contribution in [0.4, 0.5) is 16.2 Å². The summed E-state index contributed by atoms with van der Waals surface area (Å²) in [5.41, 5.74) is 2.03. The van der Waals surface area contributed by atoms with Gasteiger partial charge in [-0.2, -0.15) is 0 Å². The summed E-state index contributed by atoms with van der Waals surface area (Å²) < 4.78 is 0. The van der Waals surface area contributed by atoms with Gasteiger partial charge in [-0.3, -0.25) is 0 Å². The number of nitrogens with one attached hydrogen (secondary N) is 3. The molecule has 0 atom stereocenters. The monoisotopic (exact) mass is 248 g/mol. The molecule has 0 radical (unpaired) electrons. The van der Waals surface area contributed by atoms with E-state index in [2.05, 4.69) is 20.9 Å². The summed E-state index contributed by atoms with van der Waals surface area (Å²) >= 11 is 0. The fourth-order valence-corrected chi connectivity index (χ4v) is 2.01. The maximum absolute atomic E-state index is 11.4. The molecule has 1 aromatic carbocycles. The van der Waals surface area contributed by atoms with Crippen molar-refractivity contribution in [3.8, 4) is 0 Å². The molecule has 1 saturated heterocycles. The number of nitrogens with zero attached hydrogens (tertiary/aromatic N) is 1. The van der Waals surface area contributed by atoms with Gasteiger partial charge in [-0.1, -0.05) is 0 Å². The van der Waals surface area contributed by atoms with E-state index in [4.69, 9.17) is 0 Å². The van der Waals surface area contributed by atoms with Gasteiger partial charge in [-0.15, -0.1) is 0 Å². The lowest BCUT2D eigenvalue weighted by Crippen LogP contribution is -2.43. The van der Waals surface area contributed by atoms with Crippen molar-refractivity contribution in [2.24, 2.45) is 0 Å². The van der Waals surface area contributed by atoms with Crippen molar-refractivity contribution in [3.05, 3.63) is 24.3 Å². The summed E-state index contributed by atoms with van der Waals surface area (Å²) in [6.07, 6.45) is 0. The van der Waals surface area contributed by atoms with Gasteiger partial charge in [0.2, 0.25) is 0 Å². The quantitative estimate of drug-likeness (QED) is 0.754. The van der Waals surface area contributed by atoms with Crippen molar-refractivity contribution in [2.45, 2.75) is 6.92 Å². The highest BCUT2D eigenvalue weighted by Crippen LogP contribution is 2.18. The lowest BCUT2D eigenvalue weighted by molar-refractivity contribution is 0.252. The molecule has 5 heteroatoms. The van der Waals surface area contributed by atoms with Crippen LogP contribution in [0.15, 0.2) is 24.3 Å². The molecule has 5 nitrogen and oxygen atoms in total. The van der Waals surface area contributed by atoms with Gasteiger partial charge in [0.05, 0.1) is 0 Å². The Hall–Kier alpha value is -1.75. The molecular weight excluding hydrogens is 228 g/mol. The highest BCUT2D eigenvalue weighted by molar-refractivity contribution is 5.89. The normalized spacial score (nSPS) is 15.3. The Labute approximate surface area is 108 Å². The summed E-state index contributed by atoms with van der Waals surface area (Å²) in [5, 5.41) is 8.82. The van der Waals surface area contributed by atoms with E-state index in [1.54, 1.807) is 0 Å². The van der Waals surface area contributed by atoms with Gasteiger partial charge in [-0.05, 0) is 31.2 Å². The van der Waals surface area contributed by atoms with E-state index in [1.807, 2.05) is 31.2 Å². The molecule has 3 N–H and O–H groups in total. The van der Waals surface area contributed by atoms with Gasteiger partial charge in [0.25, 0.3) is 0 Å². The molecule has 0 unspecified atom stereocenters. The topological polar surface area (TPSA) is 56.4 Å². The summed E-state index contributed by atoms with van der Waals surface area (Å²) in [5.74, 6) is 0. The predicted octanol–water partition coefficient (Wildman–Crippen LogP) is 1.24. The summed E-state index contributed by atoms with van der Waals surface area (Å²) in [6, 6.07) is 7.81. The second-order valence-corrected chi connectivity index (χ2v) is 4.27. The second-order valence-electron chi connectivity index (χ2n) is 4.27. The van der Waals surface area contributed by atoms with Crippen molar-refractivity contribution in [1.82, 2.24) is 10.6 Å². The Morgan fingerprint density at radius 1 is 1.28 bits per heavy atom. The van der Waals surface area contributed by atoms with Crippen LogP contribution in [0.3, 0.4) is 0 Å². The first-order valence-corrected chi connectivity index (χ1v) is 6.40. The van der Waals surface area contributed by atoms with E-state index in [0.717, 1.165) is 31.9 Å². The molecule has 0 bridgehead atoms. The molecule has 1 heterocycles. The Morgan fingerprint density at radius 3 is 2.56 bits per heavy atom. The maximum Gasteiger partial charge on any atom is 0.319 e. The fourth-order valence-electron chi connectivity index (χ4n) is 2.01. The number of hydrogen-bond donors (Lipinski definition) is 3. The first-order chi connectivity index (χ1) is 8.79. The zero-order chi connectivity index (χ0) is 12.8. The van der Waals surface area contributed by atoms with Gasteiger partial charge in [-0.25, -0.2) is 4.79 Å². The van der Waals surface area contributed by atoms with Crippen LogP contribution in [0.1, 0.15) is 6.92 Å². The molecule has 0 aromatic heterocycles. The molecule has 0 saturated carbocycles. The third-order valence-corrected chi connectivity index (χ3v) is 2.94. The summed E-state index contributed by atoms with van der Waals surface area (Å²) in [7, 11) is 0. The Kier molecular flexibility index (Phi) is 4.41. The van der Waals surface area contributed by atoms with Gasteiger partial charge in [0.1, 0.15) is 0 Å². The van der Waals surface area contributed by atoms with Gasteiger partial charge in [0.15, 0.2) is 0 Å². The highest BCUT2D eigenvalue weighted by atomic mass is 16.2. The first-order valence-electron chi connectivity index (χ1n) is 6.40. The number of rotatable bonds is 3. The average molecular weight is 248 g/mol. The van der Waals surface area contributed by atoms with Gasteiger partial charge >= 0.3 is 6.03 Å². The maximum atomic E-state index is 11.4. The molecule has 0 aliphatic carbocycles. The van der Waals surface area contributed by atoms with Crippen molar-refractivity contribution in [1.29, 1.82) is 0 Å². The van der Waals surface area contributed by atoms with Crippen molar-refractivity contribution in [2.75, 3.05) is 42.9 Å². The molecule has 98 valence electrons. The predicted molar refractivity (Wildman–Crippen MR) is 74.2 cm³/mol. The second kappa shape index (κ2) is 6.26. The zero-order valence-corrected chi connectivity index (χ0v) is 10.7. The number of carbonyl (C=O) groups is 1. The molecule has 18 heavy (non-hydrogen) atoms. The highest BCUT2D eigenvalue weighted by Gasteiger charge is 2.10. The number of amides is 2. The van der Waals surface area contributed by atoms with E-state index >= 15 is 0 Å². The molecular formula is C13H20N4O. The largest absolute Gasteiger partial charge is 0.369 e. The molecule has 0 spiro atoms. The molecule has 1 aliphatic heterocycles. The third-order valence-electron chi connectivity index (χ3n) is 2.94. The lowest BCUT2D eigenvalue weighted by atomic mass is 10.2. The molecule has 2 amide bonds. The summed E-state index contributed by atoms with van der Waals surface area (Å²) in [6.45, 7) is 6.64. The van der Waals surface area contributed by atoms with Crippen LogP contribution in [0, 0.1) is 0 Å². The van der Waals surface area contributed by atoms with Crippen LogP contribution in [0.25, 0.3) is 0 Å². The van der Waals surface area contributed by atoms with E-state index in [-0.39, 0.29) is 6.03 Å². The van der Waals surface area contributed by atoms with E-state index < -0.39 is 0 Å². The molecule has 1 fully saturated rings. The molecule has 1 aromatic rings. The van der Waals surface area contributed by atoms with Crippen LogP contribution in [-0.2, 0) is 0 Å². The zero-order valence-electron chi connectivity index (χ0n) is 10.7. The number of carbonyl (C=O) groups excluding carboxylic acids is 1. The number of urea groups is 1. The standard InChI is InChI=1S/C13H20N4O/c1-2-15-13(18)16-11-3-5-12(6-4-11)17-9-7-14-8-10-17/h3-6,14H,2,7-10H2,1H3,(H2,15,16,18). The third kappa shape index (κ3) is 3.37. The van der Waals surface area contributed by atoms with Crippen LogP contribution in [0.5, 0.6) is 0 Å². The Bertz CT molecular complexity index is 384. The number of hydrogen-bond acceptors (Lipinski definition) is 3. The SMILES string of the molecule is CCNC(=O)Nc1ccc(N2CCNCC2)cc1. The van der Waals surface area contributed by atoms with E-state index in [9.17, 15) is 4.79 Å². The molecule has 1 aliphatic rings. The molecule has 2 rings (SSSR count). The van der Waals surface area contributed by atoms with E-state index in [0.29, 0.717) is 6.54 Å². The Balaban J connectivity index is 1.94. The number of benzene rings is 1. The smallest absolute Gasteiger partial charge is 0.319 e. The average Bonchev–Trinajstić information content (AvgIpc) is 2.41. The number of anilines is 2. The van der Waals surface area contributed by atoms with Crippen LogP contribution in [-0.4, -0.2) is 38.8 Å². The van der Waals surface area contributed by atoms with Gasteiger partial charge < -0.3 is 20.9 Å². The van der Waals surface area contributed by atoms with E-state index in [1.165, 1.54) is 5.69 Å². The minimum Gasteiger partial charge on any atom is -0.369 e. The Morgan fingerprint density at radius 2 is 1.94 bits per heavy atom. The van der Waals surface area contributed by atoms with Crippen LogP contribution in [0.2, 0.25) is 0 Å². The van der Waals surface area contributed by atoms with Crippen molar-refractivity contribution in [3.63, 3.8) is 0 Å². The van der Waals surface area contributed by atoms with Crippen LogP contribution < -0.4 is 20.9 Å². The minimum atomic E-state index is -0.160. The van der Waals surface area contributed by atoms with Gasteiger partial charge in [0, 0.05) is 44.1 Å².